The van der Waals surface area contributed by atoms with E-state index in [4.69, 9.17) is 9.84 Å². The van der Waals surface area contributed by atoms with Crippen molar-refractivity contribution in [3.8, 4) is 5.75 Å². The van der Waals surface area contributed by atoms with E-state index >= 15 is 0 Å². The van der Waals surface area contributed by atoms with Gasteiger partial charge >= 0.3 is 5.97 Å². The second kappa shape index (κ2) is 4.76. The van der Waals surface area contributed by atoms with Gasteiger partial charge in [0.1, 0.15) is 11.8 Å². The molecule has 16 heavy (non-hydrogen) atoms. The van der Waals surface area contributed by atoms with Gasteiger partial charge in [-0.3, -0.25) is 10.1 Å². The molecule has 86 valence electrons. The van der Waals surface area contributed by atoms with E-state index in [-0.39, 0.29) is 5.37 Å². The van der Waals surface area contributed by atoms with Gasteiger partial charge in [-0.15, -0.1) is 11.8 Å². The van der Waals surface area contributed by atoms with Crippen molar-refractivity contribution in [2.45, 2.75) is 11.4 Å². The third-order valence-corrected chi connectivity index (χ3v) is 3.75. The third kappa shape index (κ3) is 2.15. The number of ether oxygens (including phenoxy) is 1. The van der Waals surface area contributed by atoms with Crippen molar-refractivity contribution in [1.82, 2.24) is 5.32 Å². The van der Waals surface area contributed by atoms with Crippen molar-refractivity contribution in [2.75, 3.05) is 12.9 Å². The lowest BCUT2D eigenvalue weighted by molar-refractivity contribution is -0.138. The number of nitrogens with one attached hydrogen (secondary N) is 1. The maximum absolute atomic E-state index is 10.8. The molecule has 1 aliphatic heterocycles. The van der Waals surface area contributed by atoms with Crippen molar-refractivity contribution < 1.29 is 14.6 Å². The van der Waals surface area contributed by atoms with Gasteiger partial charge in [-0.25, -0.2) is 0 Å². The molecule has 0 unspecified atom stereocenters. The molecule has 5 heteroatoms. The van der Waals surface area contributed by atoms with Crippen LogP contribution in [-0.4, -0.2) is 30.0 Å². The Bertz CT molecular complexity index is 397. The minimum atomic E-state index is -0.801. The van der Waals surface area contributed by atoms with Crippen molar-refractivity contribution in [3.63, 3.8) is 0 Å². The summed E-state index contributed by atoms with van der Waals surface area (Å²) in [6.45, 7) is 0. The quantitative estimate of drug-likeness (QED) is 0.836. The lowest BCUT2D eigenvalue weighted by atomic mass is 10.2. The molecule has 0 aromatic heterocycles. The van der Waals surface area contributed by atoms with Crippen LogP contribution < -0.4 is 10.1 Å². The first kappa shape index (κ1) is 11.3. The van der Waals surface area contributed by atoms with Gasteiger partial charge in [-0.05, 0) is 6.07 Å². The second-order valence-corrected chi connectivity index (χ2v) is 4.65. The first-order valence-corrected chi connectivity index (χ1v) is 6.00. The molecular weight excluding hydrogens is 226 g/mol. The van der Waals surface area contributed by atoms with Crippen LogP contribution in [0.4, 0.5) is 0 Å². The molecule has 1 aromatic carbocycles. The van der Waals surface area contributed by atoms with E-state index in [1.165, 1.54) is 0 Å². The molecule has 0 bridgehead atoms. The monoisotopic (exact) mass is 239 g/mol. The molecular formula is C11H13NO3S. The first-order valence-electron chi connectivity index (χ1n) is 4.95. The number of thioether (sulfide) groups is 1. The molecule has 0 aliphatic carbocycles. The van der Waals surface area contributed by atoms with Crippen LogP contribution in [0.3, 0.4) is 0 Å². The van der Waals surface area contributed by atoms with Crippen LogP contribution >= 0.6 is 11.8 Å². The molecule has 0 saturated carbocycles. The van der Waals surface area contributed by atoms with Crippen molar-refractivity contribution in [2.24, 2.45) is 0 Å². The van der Waals surface area contributed by atoms with E-state index in [1.54, 1.807) is 18.9 Å². The molecule has 2 N–H and O–H groups in total. The van der Waals surface area contributed by atoms with E-state index < -0.39 is 12.0 Å². The van der Waals surface area contributed by atoms with Crippen LogP contribution in [0.15, 0.2) is 24.3 Å². The molecule has 1 saturated heterocycles. The Morgan fingerprint density at radius 1 is 1.56 bits per heavy atom. The summed E-state index contributed by atoms with van der Waals surface area (Å²) in [5.74, 6) is 0.571. The van der Waals surface area contributed by atoms with Gasteiger partial charge in [0.15, 0.2) is 0 Å². The number of methoxy groups -OCH3 is 1. The van der Waals surface area contributed by atoms with Crippen LogP contribution in [0.5, 0.6) is 5.75 Å². The molecule has 4 nitrogen and oxygen atoms in total. The van der Waals surface area contributed by atoms with Crippen LogP contribution in [0.2, 0.25) is 0 Å². The smallest absolute Gasteiger partial charge is 0.321 e. The van der Waals surface area contributed by atoms with E-state index in [9.17, 15) is 4.79 Å². The number of carboxylic acid groups (broad SMARTS) is 1. The molecule has 0 spiro atoms. The summed E-state index contributed by atoms with van der Waals surface area (Å²) >= 11 is 1.59. The van der Waals surface area contributed by atoms with E-state index in [0.29, 0.717) is 5.75 Å². The lowest BCUT2D eigenvalue weighted by Crippen LogP contribution is -2.33. The molecule has 0 amide bonds. The highest BCUT2D eigenvalue weighted by atomic mass is 32.2. The second-order valence-electron chi connectivity index (χ2n) is 3.51. The summed E-state index contributed by atoms with van der Waals surface area (Å²) in [6, 6.07) is 7.18. The number of rotatable bonds is 3. The Morgan fingerprint density at radius 2 is 2.31 bits per heavy atom. The zero-order valence-electron chi connectivity index (χ0n) is 8.84. The van der Waals surface area contributed by atoms with Gasteiger partial charge in [0.2, 0.25) is 0 Å². The van der Waals surface area contributed by atoms with Crippen molar-refractivity contribution in [1.29, 1.82) is 0 Å². The largest absolute Gasteiger partial charge is 0.496 e. The van der Waals surface area contributed by atoms with E-state index in [1.807, 2.05) is 24.3 Å². The van der Waals surface area contributed by atoms with Gasteiger partial charge in [0.05, 0.1) is 12.5 Å². The first-order chi connectivity index (χ1) is 7.72. The summed E-state index contributed by atoms with van der Waals surface area (Å²) in [4.78, 5) is 10.8. The third-order valence-electron chi connectivity index (χ3n) is 2.50. The van der Waals surface area contributed by atoms with Gasteiger partial charge in [-0.1, -0.05) is 18.2 Å². The highest BCUT2D eigenvalue weighted by Crippen LogP contribution is 2.37. The average molecular weight is 239 g/mol. The van der Waals surface area contributed by atoms with Gasteiger partial charge < -0.3 is 9.84 Å². The fraction of sp³-hybridized carbons (Fsp3) is 0.364. The summed E-state index contributed by atoms with van der Waals surface area (Å²) < 4.78 is 5.25. The van der Waals surface area contributed by atoms with Crippen molar-refractivity contribution in [3.05, 3.63) is 29.8 Å². The Hall–Kier alpha value is -1.20. The number of para-hydroxylation sites is 1. The molecule has 1 aliphatic rings. The fourth-order valence-electron chi connectivity index (χ4n) is 1.68. The van der Waals surface area contributed by atoms with Crippen LogP contribution in [0.25, 0.3) is 0 Å². The normalized spacial score (nSPS) is 24.3. The summed E-state index contributed by atoms with van der Waals surface area (Å²) in [5.41, 5.74) is 0.999. The van der Waals surface area contributed by atoms with E-state index in [2.05, 4.69) is 5.32 Å². The number of hydrogen-bond donors (Lipinski definition) is 2. The highest BCUT2D eigenvalue weighted by molar-refractivity contribution is 7.99. The molecule has 2 atom stereocenters. The summed E-state index contributed by atoms with van der Waals surface area (Å²) in [7, 11) is 1.62. The number of hydrogen-bond acceptors (Lipinski definition) is 4. The standard InChI is InChI=1S/C11H13NO3S/c1-15-9-5-3-2-4-7(9)10-12-8(6-16-10)11(13)14/h2-5,8,10,12H,6H2,1H3,(H,13,14)/t8-,10-/m0/s1. The molecule has 1 aromatic rings. The van der Waals surface area contributed by atoms with Gasteiger partial charge in [0.25, 0.3) is 0 Å². The molecule has 2 rings (SSSR count). The summed E-state index contributed by atoms with van der Waals surface area (Å²) in [5, 5.41) is 12.0. The zero-order chi connectivity index (χ0) is 11.5. The van der Waals surface area contributed by atoms with Gasteiger partial charge in [0, 0.05) is 11.3 Å². The number of carboxylic acids is 1. The predicted octanol–water partition coefficient (Wildman–Crippen LogP) is 1.48. The van der Waals surface area contributed by atoms with Crippen LogP contribution in [0, 0.1) is 0 Å². The van der Waals surface area contributed by atoms with Crippen LogP contribution in [-0.2, 0) is 4.79 Å². The maximum atomic E-state index is 10.8. The van der Waals surface area contributed by atoms with Crippen LogP contribution in [0.1, 0.15) is 10.9 Å². The number of aliphatic carboxylic acids is 1. The average Bonchev–Trinajstić information content (AvgIpc) is 2.78. The SMILES string of the molecule is COc1ccccc1[C@H]1N[C@H](C(=O)O)CS1. The Balaban J connectivity index is 2.17. The molecule has 0 radical (unpaired) electrons. The molecule has 1 heterocycles. The fourth-order valence-corrected chi connectivity index (χ4v) is 2.94. The molecule has 1 fully saturated rings. The Morgan fingerprint density at radius 3 is 2.94 bits per heavy atom. The van der Waals surface area contributed by atoms with Gasteiger partial charge in [-0.2, -0.15) is 0 Å². The number of carbonyl (C=O) groups is 1. The highest BCUT2D eigenvalue weighted by Gasteiger charge is 2.31. The number of benzene rings is 1. The summed E-state index contributed by atoms with van der Waals surface area (Å²) in [6.07, 6.45) is 0. The maximum Gasteiger partial charge on any atom is 0.321 e. The minimum Gasteiger partial charge on any atom is -0.496 e. The Labute approximate surface area is 98.0 Å². The zero-order valence-corrected chi connectivity index (χ0v) is 9.66. The van der Waals surface area contributed by atoms with E-state index in [0.717, 1.165) is 11.3 Å². The minimum absolute atomic E-state index is 0.00255. The Kier molecular flexibility index (Phi) is 3.36. The lowest BCUT2D eigenvalue weighted by Gasteiger charge is -2.14. The van der Waals surface area contributed by atoms with Crippen molar-refractivity contribution >= 4 is 17.7 Å². The predicted molar refractivity (Wildman–Crippen MR) is 62.8 cm³/mol. The topological polar surface area (TPSA) is 58.6 Å².